The van der Waals surface area contributed by atoms with E-state index in [1.54, 1.807) is 11.3 Å². The van der Waals surface area contributed by atoms with Gasteiger partial charge < -0.3 is 4.90 Å². The second-order valence-electron chi connectivity index (χ2n) is 6.73. The van der Waals surface area contributed by atoms with Crippen LogP contribution in [0.2, 0.25) is 0 Å². The highest BCUT2D eigenvalue weighted by Gasteiger charge is 2.50. The summed E-state index contributed by atoms with van der Waals surface area (Å²) in [7, 11) is 1.89. The molecule has 128 valence electrons. The normalized spacial score (nSPS) is 26.2. The van der Waals surface area contributed by atoms with Crippen LogP contribution in [0.5, 0.6) is 0 Å². The number of aromatic nitrogens is 1. The molecule has 4 heterocycles. The van der Waals surface area contributed by atoms with E-state index in [9.17, 15) is 4.79 Å². The van der Waals surface area contributed by atoms with E-state index >= 15 is 0 Å². The third-order valence-corrected chi connectivity index (χ3v) is 6.11. The molecule has 2 aliphatic rings. The lowest BCUT2D eigenvalue weighted by Crippen LogP contribution is -2.47. The van der Waals surface area contributed by atoms with Crippen molar-refractivity contribution in [3.8, 4) is 11.1 Å². The number of carbonyl (C=O) groups is 1. The largest absolute Gasteiger partial charge is 0.344 e. The van der Waals surface area contributed by atoms with E-state index in [2.05, 4.69) is 40.1 Å². The van der Waals surface area contributed by atoms with Crippen molar-refractivity contribution in [3.63, 3.8) is 0 Å². The molecule has 2 atom stereocenters. The molecule has 0 unspecified atom stereocenters. The molecule has 2 aliphatic heterocycles. The van der Waals surface area contributed by atoms with E-state index in [0.29, 0.717) is 0 Å². The molecule has 1 N–H and O–H groups in total. The maximum Gasteiger partial charge on any atom is 0.242 e. The minimum absolute atomic E-state index is 0. The zero-order valence-electron chi connectivity index (χ0n) is 13.9. The average Bonchev–Trinajstić information content (AvgIpc) is 3.25. The lowest BCUT2D eigenvalue weighted by Gasteiger charge is -2.23. The molecule has 2 saturated heterocycles. The van der Waals surface area contributed by atoms with Crippen molar-refractivity contribution in [3.05, 3.63) is 40.3 Å². The number of amides is 1. The summed E-state index contributed by atoms with van der Waals surface area (Å²) in [4.78, 5) is 18.9. The van der Waals surface area contributed by atoms with Gasteiger partial charge in [0.15, 0.2) is 0 Å². The second kappa shape index (κ2) is 6.47. The van der Waals surface area contributed by atoms with Crippen molar-refractivity contribution in [2.45, 2.75) is 37.8 Å². The van der Waals surface area contributed by atoms with Crippen LogP contribution in [0.3, 0.4) is 0 Å². The van der Waals surface area contributed by atoms with Gasteiger partial charge in [0, 0.05) is 19.8 Å². The number of hydrogen-bond donors (Lipinski definition) is 1. The molecule has 0 aromatic carbocycles. The van der Waals surface area contributed by atoms with Crippen molar-refractivity contribution in [2.75, 3.05) is 13.6 Å². The molecule has 24 heavy (non-hydrogen) atoms. The summed E-state index contributed by atoms with van der Waals surface area (Å²) in [5, 5.41) is 7.96. The standard InChI is InChI=1S/C18H21N3OS.ClH/c1-12-10-23-11-14(12)13-4-7-19-16(9-13)15-3-5-18(20-15)6-8-21(2)17(18)22;/h4,7,9-11,15,20H,3,5-6,8H2,1-2H3;1H/t15-,18-;/m1./s1. The van der Waals surface area contributed by atoms with Gasteiger partial charge in [0.2, 0.25) is 5.91 Å². The molecule has 4 nitrogen and oxygen atoms in total. The van der Waals surface area contributed by atoms with Crippen molar-refractivity contribution < 1.29 is 4.79 Å². The number of rotatable bonds is 2. The number of aryl methyl sites for hydroxylation is 1. The fraction of sp³-hybridized carbons (Fsp3) is 0.444. The van der Waals surface area contributed by atoms with Crippen molar-refractivity contribution in [1.82, 2.24) is 15.2 Å². The Morgan fingerprint density at radius 1 is 1.38 bits per heavy atom. The van der Waals surface area contributed by atoms with Crippen LogP contribution >= 0.6 is 23.7 Å². The average molecular weight is 364 g/mol. The van der Waals surface area contributed by atoms with E-state index in [-0.39, 0.29) is 29.9 Å². The second-order valence-corrected chi connectivity index (χ2v) is 7.48. The molecule has 0 radical (unpaired) electrons. The number of hydrogen-bond acceptors (Lipinski definition) is 4. The first kappa shape index (κ1) is 17.4. The molecule has 6 heteroatoms. The van der Waals surface area contributed by atoms with Gasteiger partial charge in [-0.3, -0.25) is 15.1 Å². The minimum Gasteiger partial charge on any atom is -0.344 e. The summed E-state index contributed by atoms with van der Waals surface area (Å²) in [6, 6.07) is 4.41. The van der Waals surface area contributed by atoms with Crippen LogP contribution in [0.15, 0.2) is 29.1 Å². The zero-order chi connectivity index (χ0) is 16.0. The first-order chi connectivity index (χ1) is 11.1. The molecule has 0 aliphatic carbocycles. The number of likely N-dealkylation sites (tertiary alicyclic amines) is 1. The molecule has 2 fully saturated rings. The van der Waals surface area contributed by atoms with Gasteiger partial charge in [-0.15, -0.1) is 12.4 Å². The smallest absolute Gasteiger partial charge is 0.242 e. The number of nitrogens with one attached hydrogen (secondary N) is 1. The third kappa shape index (κ3) is 2.75. The molecule has 2 aromatic heterocycles. The van der Waals surface area contributed by atoms with E-state index < -0.39 is 0 Å². The number of likely N-dealkylation sites (N-methyl/N-ethyl adjacent to an activating group) is 1. The maximum absolute atomic E-state index is 12.4. The summed E-state index contributed by atoms with van der Waals surface area (Å²) < 4.78 is 0. The Balaban J connectivity index is 0.00000169. The highest BCUT2D eigenvalue weighted by molar-refractivity contribution is 7.08. The Kier molecular flexibility index (Phi) is 4.69. The van der Waals surface area contributed by atoms with Gasteiger partial charge in [0.05, 0.1) is 11.7 Å². The van der Waals surface area contributed by atoms with Gasteiger partial charge in [-0.05, 0) is 65.8 Å². The lowest BCUT2D eigenvalue weighted by atomic mass is 9.96. The number of halogens is 1. The number of carbonyl (C=O) groups excluding carboxylic acids is 1. The van der Waals surface area contributed by atoms with Gasteiger partial charge >= 0.3 is 0 Å². The summed E-state index contributed by atoms with van der Waals surface area (Å²) in [6.07, 6.45) is 4.67. The number of thiophene rings is 1. The fourth-order valence-corrected chi connectivity index (χ4v) is 4.71. The SMILES string of the molecule is Cc1cscc1-c1ccnc([C@H]2CC[C@]3(CCN(C)C3=O)N2)c1.Cl. The van der Waals surface area contributed by atoms with Crippen LogP contribution < -0.4 is 5.32 Å². The molecular formula is C18H22ClN3OS. The quantitative estimate of drug-likeness (QED) is 0.887. The van der Waals surface area contributed by atoms with Crippen molar-refractivity contribution in [1.29, 1.82) is 0 Å². The van der Waals surface area contributed by atoms with Crippen molar-refractivity contribution in [2.24, 2.45) is 0 Å². The summed E-state index contributed by atoms with van der Waals surface area (Å²) >= 11 is 1.73. The topological polar surface area (TPSA) is 45.2 Å². The molecule has 0 saturated carbocycles. The van der Waals surface area contributed by atoms with Crippen LogP contribution in [0, 0.1) is 6.92 Å². The minimum atomic E-state index is -0.352. The van der Waals surface area contributed by atoms with Crippen LogP contribution in [-0.4, -0.2) is 34.9 Å². The van der Waals surface area contributed by atoms with Crippen LogP contribution in [0.1, 0.15) is 36.6 Å². The van der Waals surface area contributed by atoms with Crippen molar-refractivity contribution >= 4 is 29.7 Å². The van der Waals surface area contributed by atoms with Gasteiger partial charge in [0.25, 0.3) is 0 Å². The molecule has 1 spiro atoms. The first-order valence-electron chi connectivity index (χ1n) is 8.11. The van der Waals surface area contributed by atoms with Crippen LogP contribution in [-0.2, 0) is 4.79 Å². The molecule has 1 amide bonds. The zero-order valence-corrected chi connectivity index (χ0v) is 15.5. The Morgan fingerprint density at radius 2 is 2.21 bits per heavy atom. The summed E-state index contributed by atoms with van der Waals surface area (Å²) in [6.45, 7) is 2.99. The maximum atomic E-state index is 12.4. The Morgan fingerprint density at radius 3 is 2.88 bits per heavy atom. The summed E-state index contributed by atoms with van der Waals surface area (Å²) in [5.74, 6) is 0.241. The fourth-order valence-electron chi connectivity index (χ4n) is 3.85. The number of nitrogens with zero attached hydrogens (tertiary/aromatic N) is 2. The van der Waals surface area contributed by atoms with E-state index in [4.69, 9.17) is 0 Å². The monoisotopic (exact) mass is 363 g/mol. The van der Waals surface area contributed by atoms with Crippen LogP contribution in [0.25, 0.3) is 11.1 Å². The van der Waals surface area contributed by atoms with Gasteiger partial charge in [0.1, 0.15) is 5.54 Å². The van der Waals surface area contributed by atoms with Gasteiger partial charge in [-0.1, -0.05) is 0 Å². The molecular weight excluding hydrogens is 342 g/mol. The van der Waals surface area contributed by atoms with Crippen LogP contribution in [0.4, 0.5) is 0 Å². The Labute approximate surface area is 152 Å². The highest BCUT2D eigenvalue weighted by Crippen LogP contribution is 2.39. The van der Waals surface area contributed by atoms with Gasteiger partial charge in [-0.2, -0.15) is 11.3 Å². The van der Waals surface area contributed by atoms with E-state index in [1.165, 1.54) is 16.7 Å². The highest BCUT2D eigenvalue weighted by atomic mass is 35.5. The molecule has 2 aromatic rings. The third-order valence-electron chi connectivity index (χ3n) is 5.25. The predicted molar refractivity (Wildman–Crippen MR) is 99.6 cm³/mol. The van der Waals surface area contributed by atoms with E-state index in [1.807, 2.05) is 18.1 Å². The Hall–Kier alpha value is -1.43. The Bertz CT molecular complexity index is 762. The van der Waals surface area contributed by atoms with Gasteiger partial charge in [-0.25, -0.2) is 0 Å². The molecule has 4 rings (SSSR count). The lowest BCUT2D eigenvalue weighted by molar-refractivity contribution is -0.131. The number of pyridine rings is 1. The summed E-state index contributed by atoms with van der Waals surface area (Å²) in [5.41, 5.74) is 4.49. The first-order valence-corrected chi connectivity index (χ1v) is 9.06. The van der Waals surface area contributed by atoms with E-state index in [0.717, 1.165) is 31.5 Å². The molecule has 0 bridgehead atoms. The predicted octanol–water partition coefficient (Wildman–Crippen LogP) is 3.57.